The third-order valence-corrected chi connectivity index (χ3v) is 9.66. The fourth-order valence-corrected chi connectivity index (χ4v) is 8.44. The van der Waals surface area contributed by atoms with Crippen molar-refractivity contribution in [1.29, 1.82) is 0 Å². The van der Waals surface area contributed by atoms with Gasteiger partial charge < -0.3 is 5.01 Å². The quantitative estimate of drug-likeness (QED) is 0.496. The zero-order valence-electron chi connectivity index (χ0n) is 17.7. The van der Waals surface area contributed by atoms with Crippen molar-refractivity contribution in [1.82, 2.24) is 5.01 Å². The lowest BCUT2D eigenvalue weighted by atomic mass is 9.49. The van der Waals surface area contributed by atoms with E-state index in [0.717, 1.165) is 41.4 Å². The van der Waals surface area contributed by atoms with Gasteiger partial charge in [0.05, 0.1) is 0 Å². The van der Waals surface area contributed by atoms with Crippen LogP contribution in [0.3, 0.4) is 0 Å². The van der Waals surface area contributed by atoms with Gasteiger partial charge in [-0.3, -0.25) is 0 Å². The van der Waals surface area contributed by atoms with E-state index in [-0.39, 0.29) is 0 Å². The van der Waals surface area contributed by atoms with Crippen LogP contribution in [-0.4, -0.2) is 11.1 Å². The summed E-state index contributed by atoms with van der Waals surface area (Å²) >= 11 is 0. The van der Waals surface area contributed by atoms with Gasteiger partial charge >= 0.3 is 0 Å². The number of fused-ring (bicyclic) bond motifs is 5. The second kappa shape index (κ2) is 7.15. The largest absolute Gasteiger partial charge is 0.316 e. The third-order valence-electron chi connectivity index (χ3n) is 9.66. The Morgan fingerprint density at radius 2 is 1.77 bits per heavy atom. The van der Waals surface area contributed by atoms with Gasteiger partial charge in [-0.25, -0.2) is 5.84 Å². The molecule has 2 N–H and O–H groups in total. The molecule has 148 valence electrons. The van der Waals surface area contributed by atoms with Crippen molar-refractivity contribution >= 4 is 0 Å². The third kappa shape index (κ3) is 2.95. The Morgan fingerprint density at radius 1 is 1.00 bits per heavy atom. The van der Waals surface area contributed by atoms with Crippen molar-refractivity contribution in [3.05, 3.63) is 12.3 Å². The summed E-state index contributed by atoms with van der Waals surface area (Å²) in [5.74, 6) is 13.3. The highest BCUT2D eigenvalue weighted by Gasteiger charge is 2.57. The molecule has 0 spiro atoms. The average Bonchev–Trinajstić information content (AvgIpc) is 2.98. The van der Waals surface area contributed by atoms with Crippen LogP contribution in [0.2, 0.25) is 0 Å². The van der Waals surface area contributed by atoms with E-state index in [2.05, 4.69) is 40.0 Å². The smallest absolute Gasteiger partial charge is 0.0450 e. The molecule has 4 fully saturated rings. The van der Waals surface area contributed by atoms with Gasteiger partial charge in [-0.2, -0.15) is 0 Å². The van der Waals surface area contributed by atoms with Gasteiger partial charge in [0.25, 0.3) is 0 Å². The van der Waals surface area contributed by atoms with E-state index >= 15 is 0 Å². The highest BCUT2D eigenvalue weighted by atomic mass is 15.4. The normalized spacial score (nSPS) is 49.3. The Balaban J connectivity index is 1.51. The Labute approximate surface area is 161 Å². The summed E-state index contributed by atoms with van der Waals surface area (Å²) in [6, 6.07) is 0.463. The molecular weight excluding hydrogens is 316 g/mol. The Morgan fingerprint density at radius 3 is 2.54 bits per heavy atom. The van der Waals surface area contributed by atoms with Crippen LogP contribution in [0.1, 0.15) is 85.5 Å². The zero-order valence-corrected chi connectivity index (χ0v) is 17.7. The molecule has 9 unspecified atom stereocenters. The van der Waals surface area contributed by atoms with Gasteiger partial charge in [0.15, 0.2) is 0 Å². The summed E-state index contributed by atoms with van der Waals surface area (Å²) in [5, 5.41) is 1.99. The molecule has 0 bridgehead atoms. The van der Waals surface area contributed by atoms with E-state index in [4.69, 9.17) is 5.84 Å². The van der Waals surface area contributed by atoms with Crippen LogP contribution in [0.4, 0.5) is 0 Å². The average molecular weight is 359 g/mol. The van der Waals surface area contributed by atoms with Gasteiger partial charge in [0.1, 0.15) is 0 Å². The molecule has 4 aliphatic rings. The first-order valence-corrected chi connectivity index (χ1v) is 11.6. The summed E-state index contributed by atoms with van der Waals surface area (Å²) < 4.78 is 0. The molecule has 4 aliphatic carbocycles. The number of nitrogens with zero attached hydrogens (tertiary/aromatic N) is 1. The van der Waals surface area contributed by atoms with Crippen molar-refractivity contribution in [2.45, 2.75) is 91.5 Å². The summed E-state index contributed by atoms with van der Waals surface area (Å²) in [6.45, 7) is 9.57. The number of hydrazine groups is 1. The predicted octanol–water partition coefficient (Wildman–Crippen LogP) is 5.99. The van der Waals surface area contributed by atoms with Gasteiger partial charge in [-0.15, -0.1) is 0 Å². The fourth-order valence-electron chi connectivity index (χ4n) is 8.44. The molecule has 0 radical (unpaired) electrons. The van der Waals surface area contributed by atoms with E-state index < -0.39 is 0 Å². The highest BCUT2D eigenvalue weighted by Crippen LogP contribution is 2.65. The lowest BCUT2D eigenvalue weighted by Crippen LogP contribution is -2.51. The molecule has 2 heteroatoms. The summed E-state index contributed by atoms with van der Waals surface area (Å²) in [7, 11) is 0. The molecule has 0 amide bonds. The maximum absolute atomic E-state index is 6.37. The van der Waals surface area contributed by atoms with Crippen LogP contribution in [0.15, 0.2) is 12.3 Å². The first-order valence-electron chi connectivity index (χ1n) is 11.6. The molecular formula is C24H42N2. The van der Waals surface area contributed by atoms with E-state index in [1.807, 2.05) is 5.01 Å². The van der Waals surface area contributed by atoms with Crippen molar-refractivity contribution in [3.63, 3.8) is 0 Å². The number of nitrogens with two attached hydrogens (primary N) is 1. The molecule has 4 rings (SSSR count). The minimum atomic E-state index is 0.463. The van der Waals surface area contributed by atoms with Crippen LogP contribution in [0, 0.1) is 46.8 Å². The minimum absolute atomic E-state index is 0.463. The molecule has 0 saturated heterocycles. The first-order chi connectivity index (χ1) is 12.5. The Hall–Kier alpha value is -0.500. The van der Waals surface area contributed by atoms with Gasteiger partial charge in [0.2, 0.25) is 0 Å². The van der Waals surface area contributed by atoms with Gasteiger partial charge in [-0.1, -0.05) is 26.3 Å². The van der Waals surface area contributed by atoms with Crippen molar-refractivity contribution in [2.75, 3.05) is 0 Å². The van der Waals surface area contributed by atoms with Crippen LogP contribution in [-0.2, 0) is 0 Å². The minimum Gasteiger partial charge on any atom is -0.316 e. The van der Waals surface area contributed by atoms with Crippen molar-refractivity contribution in [2.24, 2.45) is 52.7 Å². The fraction of sp³-hybridized carbons (Fsp3) is 0.917. The van der Waals surface area contributed by atoms with Crippen LogP contribution in [0.25, 0.3) is 0 Å². The van der Waals surface area contributed by atoms with Gasteiger partial charge in [0, 0.05) is 12.2 Å². The lowest BCUT2D eigenvalue weighted by Gasteiger charge is -2.57. The number of hydrogen-bond acceptors (Lipinski definition) is 2. The summed E-state index contributed by atoms with van der Waals surface area (Å²) in [6.07, 6.45) is 17.6. The molecule has 26 heavy (non-hydrogen) atoms. The van der Waals surface area contributed by atoms with Gasteiger partial charge in [-0.05, 0) is 112 Å². The molecule has 2 nitrogen and oxygen atoms in total. The molecule has 9 atom stereocenters. The molecule has 0 aromatic carbocycles. The highest BCUT2D eigenvalue weighted by molar-refractivity contribution is 5.08. The van der Waals surface area contributed by atoms with Crippen molar-refractivity contribution < 1.29 is 0 Å². The second-order valence-corrected chi connectivity index (χ2v) is 10.8. The SMILES string of the molecule is C/C=C\N(N)C(C)C1CCC2C3CCC4CC(C)CCC4C3CCC21C. The lowest BCUT2D eigenvalue weighted by molar-refractivity contribution is -0.0744. The van der Waals surface area contributed by atoms with Crippen molar-refractivity contribution in [3.8, 4) is 0 Å². The first kappa shape index (κ1) is 18.8. The van der Waals surface area contributed by atoms with E-state index in [1.165, 1.54) is 57.8 Å². The number of rotatable bonds is 3. The second-order valence-electron chi connectivity index (χ2n) is 10.8. The van der Waals surface area contributed by atoms with Crippen LogP contribution in [0.5, 0.6) is 0 Å². The topological polar surface area (TPSA) is 29.3 Å². The number of hydrogen-bond donors (Lipinski definition) is 1. The van der Waals surface area contributed by atoms with E-state index in [1.54, 1.807) is 0 Å². The summed E-state index contributed by atoms with van der Waals surface area (Å²) in [4.78, 5) is 0. The van der Waals surface area contributed by atoms with Crippen LogP contribution < -0.4 is 5.84 Å². The standard InChI is InChI=1S/C24H42N2/c1-5-14-26(25)17(3)22-10-11-23-21-9-7-18-15-16(2)6-8-19(18)20(21)12-13-24(22,23)4/h5,14,16-23H,6-13,15,25H2,1-4H3/b14-5-. The monoisotopic (exact) mass is 358 g/mol. The Bertz CT molecular complexity index is 528. The maximum atomic E-state index is 6.37. The zero-order chi connectivity index (χ0) is 18.5. The van der Waals surface area contributed by atoms with Crippen LogP contribution >= 0.6 is 0 Å². The predicted molar refractivity (Wildman–Crippen MR) is 110 cm³/mol. The Kier molecular flexibility index (Phi) is 5.18. The molecule has 0 aliphatic heterocycles. The summed E-state index contributed by atoms with van der Waals surface area (Å²) in [5.41, 5.74) is 0.522. The molecule has 0 heterocycles. The maximum Gasteiger partial charge on any atom is 0.0450 e. The number of allylic oxidation sites excluding steroid dienone is 1. The molecule has 0 aromatic heterocycles. The van der Waals surface area contributed by atoms with E-state index in [0.29, 0.717) is 11.5 Å². The molecule has 0 aromatic rings. The van der Waals surface area contributed by atoms with E-state index in [9.17, 15) is 0 Å². The molecule has 4 saturated carbocycles.